The fourth-order valence-corrected chi connectivity index (χ4v) is 2.74. The molecule has 0 bridgehead atoms. The molecule has 1 N–H and O–H groups in total. The van der Waals surface area contributed by atoms with Crippen LogP contribution in [-0.4, -0.2) is 42.6 Å². The molecule has 1 aromatic carbocycles. The molecule has 4 nitrogen and oxygen atoms in total. The molecule has 0 spiro atoms. The summed E-state index contributed by atoms with van der Waals surface area (Å²) in [6, 6.07) is 5.00. The number of anilines is 1. The summed E-state index contributed by atoms with van der Waals surface area (Å²) in [7, 11) is 0. The van der Waals surface area contributed by atoms with Gasteiger partial charge >= 0.3 is 0 Å². The molecule has 6 heteroatoms. The highest BCUT2D eigenvalue weighted by atomic mass is 35.5. The highest BCUT2D eigenvalue weighted by Gasteiger charge is 2.23. The Kier molecular flexibility index (Phi) is 5.27. The van der Waals surface area contributed by atoms with E-state index in [1.165, 1.54) is 0 Å². The highest BCUT2D eigenvalue weighted by Crippen LogP contribution is 2.25. The second kappa shape index (κ2) is 6.76. The van der Waals surface area contributed by atoms with Crippen LogP contribution in [0, 0.1) is 0 Å². The number of amides is 1. The topological polar surface area (TPSA) is 41.6 Å². The Bertz CT molecular complexity index is 486. The molecular formula is C14H18Cl2N2O2. The standard InChI is InChI=1S/C14H18Cl2N2O2/c1-9-6-18(7-10(2)20-9)8-14(19)17-13-5-11(15)3-4-12(13)16/h3-5,9-10H,6-8H2,1-2H3,(H,17,19)/t9-,10-/m0/s1. The van der Waals surface area contributed by atoms with Gasteiger partial charge in [-0.15, -0.1) is 0 Å². The average molecular weight is 317 g/mol. The van der Waals surface area contributed by atoms with E-state index in [1.807, 2.05) is 13.8 Å². The number of rotatable bonds is 3. The van der Waals surface area contributed by atoms with Gasteiger partial charge in [-0.3, -0.25) is 9.69 Å². The van der Waals surface area contributed by atoms with Gasteiger partial charge in [-0.05, 0) is 32.0 Å². The van der Waals surface area contributed by atoms with E-state index in [0.717, 1.165) is 13.1 Å². The fourth-order valence-electron chi connectivity index (χ4n) is 2.40. The van der Waals surface area contributed by atoms with Crippen molar-refractivity contribution in [3.05, 3.63) is 28.2 Å². The molecule has 2 atom stereocenters. The van der Waals surface area contributed by atoms with Crippen molar-refractivity contribution in [2.45, 2.75) is 26.1 Å². The first-order valence-electron chi connectivity index (χ1n) is 6.56. The zero-order chi connectivity index (χ0) is 14.7. The number of nitrogens with zero attached hydrogens (tertiary/aromatic N) is 1. The molecule has 1 aromatic rings. The van der Waals surface area contributed by atoms with Crippen molar-refractivity contribution in [2.24, 2.45) is 0 Å². The lowest BCUT2D eigenvalue weighted by molar-refractivity contribution is -0.121. The van der Waals surface area contributed by atoms with Gasteiger partial charge in [0.25, 0.3) is 0 Å². The minimum atomic E-state index is -0.101. The zero-order valence-corrected chi connectivity index (χ0v) is 13.0. The summed E-state index contributed by atoms with van der Waals surface area (Å²) in [5.74, 6) is -0.101. The van der Waals surface area contributed by atoms with Crippen molar-refractivity contribution in [3.8, 4) is 0 Å². The number of carbonyl (C=O) groups excluding carboxylic acids is 1. The molecule has 0 radical (unpaired) electrons. The number of benzene rings is 1. The number of halogens is 2. The van der Waals surface area contributed by atoms with Gasteiger partial charge in [-0.2, -0.15) is 0 Å². The molecule has 1 aliphatic heterocycles. The second-order valence-corrected chi connectivity index (χ2v) is 5.97. The Labute approximate surface area is 129 Å². The van der Waals surface area contributed by atoms with Gasteiger partial charge in [0.05, 0.1) is 29.5 Å². The van der Waals surface area contributed by atoms with E-state index in [2.05, 4.69) is 10.2 Å². The molecule has 0 aromatic heterocycles. The van der Waals surface area contributed by atoms with Crippen molar-refractivity contribution >= 4 is 34.8 Å². The fraction of sp³-hybridized carbons (Fsp3) is 0.500. The largest absolute Gasteiger partial charge is 0.373 e. The summed E-state index contributed by atoms with van der Waals surface area (Å²) < 4.78 is 5.64. The van der Waals surface area contributed by atoms with Crippen molar-refractivity contribution < 1.29 is 9.53 Å². The van der Waals surface area contributed by atoms with Crippen LogP contribution < -0.4 is 5.32 Å². The third kappa shape index (κ3) is 4.35. The lowest BCUT2D eigenvalue weighted by Gasteiger charge is -2.34. The van der Waals surface area contributed by atoms with Crippen LogP contribution in [0.25, 0.3) is 0 Å². The first kappa shape index (κ1) is 15.6. The Hall–Kier alpha value is -0.810. The van der Waals surface area contributed by atoms with Gasteiger partial charge in [0.2, 0.25) is 5.91 Å². The van der Waals surface area contributed by atoms with Crippen LogP contribution in [0.1, 0.15) is 13.8 Å². The van der Waals surface area contributed by atoms with Crippen LogP contribution in [0.3, 0.4) is 0 Å². The number of carbonyl (C=O) groups is 1. The van der Waals surface area contributed by atoms with E-state index in [1.54, 1.807) is 18.2 Å². The predicted molar refractivity (Wildman–Crippen MR) is 81.5 cm³/mol. The van der Waals surface area contributed by atoms with E-state index < -0.39 is 0 Å². The van der Waals surface area contributed by atoms with E-state index in [9.17, 15) is 4.79 Å². The molecule has 1 saturated heterocycles. The van der Waals surface area contributed by atoms with E-state index in [-0.39, 0.29) is 18.1 Å². The number of ether oxygens (including phenoxy) is 1. The molecule has 2 rings (SSSR count). The lowest BCUT2D eigenvalue weighted by Crippen LogP contribution is -2.48. The van der Waals surface area contributed by atoms with Gasteiger partial charge in [0.1, 0.15) is 0 Å². The maximum absolute atomic E-state index is 12.1. The van der Waals surface area contributed by atoms with Crippen LogP contribution in [0.15, 0.2) is 18.2 Å². The molecule has 0 unspecified atom stereocenters. The number of hydrogen-bond acceptors (Lipinski definition) is 3. The van der Waals surface area contributed by atoms with Gasteiger partial charge in [0.15, 0.2) is 0 Å². The summed E-state index contributed by atoms with van der Waals surface area (Å²) in [6.45, 7) is 5.84. The van der Waals surface area contributed by atoms with E-state index in [4.69, 9.17) is 27.9 Å². The Morgan fingerprint density at radius 1 is 1.35 bits per heavy atom. The van der Waals surface area contributed by atoms with Gasteiger partial charge in [-0.25, -0.2) is 0 Å². The molecule has 1 fully saturated rings. The Morgan fingerprint density at radius 3 is 2.65 bits per heavy atom. The van der Waals surface area contributed by atoms with Crippen LogP contribution >= 0.6 is 23.2 Å². The Balaban J connectivity index is 1.93. The van der Waals surface area contributed by atoms with E-state index in [0.29, 0.717) is 22.3 Å². The maximum atomic E-state index is 12.1. The quantitative estimate of drug-likeness (QED) is 0.932. The minimum absolute atomic E-state index is 0.101. The normalized spacial score (nSPS) is 23.6. The molecule has 0 saturated carbocycles. The summed E-state index contributed by atoms with van der Waals surface area (Å²) in [6.07, 6.45) is 0.280. The number of morpholine rings is 1. The smallest absolute Gasteiger partial charge is 0.238 e. The molecule has 1 heterocycles. The van der Waals surface area contributed by atoms with Crippen molar-refractivity contribution in [2.75, 3.05) is 25.0 Å². The van der Waals surface area contributed by atoms with Crippen LogP contribution in [-0.2, 0) is 9.53 Å². The van der Waals surface area contributed by atoms with Crippen LogP contribution in [0.5, 0.6) is 0 Å². The molecular weight excluding hydrogens is 299 g/mol. The highest BCUT2D eigenvalue weighted by molar-refractivity contribution is 6.35. The summed E-state index contributed by atoms with van der Waals surface area (Å²) in [4.78, 5) is 14.1. The second-order valence-electron chi connectivity index (χ2n) is 5.12. The summed E-state index contributed by atoms with van der Waals surface area (Å²) in [5.41, 5.74) is 0.540. The molecule has 20 heavy (non-hydrogen) atoms. The Morgan fingerprint density at radius 2 is 2.00 bits per heavy atom. The summed E-state index contributed by atoms with van der Waals surface area (Å²) >= 11 is 11.9. The SMILES string of the molecule is C[C@H]1CN(CC(=O)Nc2cc(Cl)ccc2Cl)C[C@H](C)O1. The van der Waals surface area contributed by atoms with Gasteiger partial charge in [-0.1, -0.05) is 23.2 Å². The lowest BCUT2D eigenvalue weighted by atomic mass is 10.2. The third-order valence-electron chi connectivity index (χ3n) is 3.06. The molecule has 1 amide bonds. The van der Waals surface area contributed by atoms with Crippen molar-refractivity contribution in [1.82, 2.24) is 4.90 Å². The van der Waals surface area contributed by atoms with Crippen molar-refractivity contribution in [3.63, 3.8) is 0 Å². The minimum Gasteiger partial charge on any atom is -0.373 e. The van der Waals surface area contributed by atoms with E-state index >= 15 is 0 Å². The van der Waals surface area contributed by atoms with Gasteiger partial charge in [0, 0.05) is 18.1 Å². The monoisotopic (exact) mass is 316 g/mol. The number of hydrogen-bond donors (Lipinski definition) is 1. The molecule has 0 aliphatic carbocycles. The zero-order valence-electron chi connectivity index (χ0n) is 11.5. The molecule has 110 valence electrons. The van der Waals surface area contributed by atoms with Crippen molar-refractivity contribution in [1.29, 1.82) is 0 Å². The third-order valence-corrected chi connectivity index (χ3v) is 3.63. The maximum Gasteiger partial charge on any atom is 0.238 e. The molecule has 1 aliphatic rings. The van der Waals surface area contributed by atoms with Gasteiger partial charge < -0.3 is 10.1 Å². The predicted octanol–water partition coefficient (Wildman–Crippen LogP) is 3.04. The summed E-state index contributed by atoms with van der Waals surface area (Å²) in [5, 5.41) is 3.81. The first-order valence-corrected chi connectivity index (χ1v) is 7.32. The number of nitrogens with one attached hydrogen (secondary N) is 1. The average Bonchev–Trinajstić information content (AvgIpc) is 2.32. The first-order chi connectivity index (χ1) is 9.44. The van der Waals surface area contributed by atoms with Crippen LogP contribution in [0.4, 0.5) is 5.69 Å². The van der Waals surface area contributed by atoms with Crippen LogP contribution in [0.2, 0.25) is 10.0 Å².